The summed E-state index contributed by atoms with van der Waals surface area (Å²) < 4.78 is 6.97. The van der Waals surface area contributed by atoms with Crippen LogP contribution in [-0.2, 0) is 4.43 Å². The van der Waals surface area contributed by atoms with Crippen LogP contribution in [0.15, 0.2) is 0 Å². The van der Waals surface area contributed by atoms with Gasteiger partial charge in [-0.25, -0.2) is 0 Å². The lowest BCUT2D eigenvalue weighted by Crippen LogP contribution is -2.57. The SMILES string of the molecule is CCCC[C@@]12CC[C@H]3C[C@@H](O[Si](C)(C)C(C)(C)C)[C@@H]1CCN32. The Morgan fingerprint density at radius 3 is 2.59 bits per heavy atom. The highest BCUT2D eigenvalue weighted by Crippen LogP contribution is 2.57. The highest BCUT2D eigenvalue weighted by Gasteiger charge is 2.61. The predicted octanol–water partition coefficient (Wildman–Crippen LogP) is 5.19. The zero-order valence-corrected chi connectivity index (χ0v) is 16.7. The molecule has 3 fully saturated rings. The quantitative estimate of drug-likeness (QED) is 0.645. The lowest BCUT2D eigenvalue weighted by molar-refractivity contribution is -0.0229. The van der Waals surface area contributed by atoms with E-state index in [1.807, 2.05) is 0 Å². The molecule has 128 valence electrons. The first-order valence-electron chi connectivity index (χ1n) is 9.66. The third-order valence-electron chi connectivity index (χ3n) is 7.46. The van der Waals surface area contributed by atoms with Gasteiger partial charge in [0.05, 0.1) is 6.10 Å². The molecule has 5 atom stereocenters. The summed E-state index contributed by atoms with van der Waals surface area (Å²) in [7, 11) is -1.65. The normalized spacial score (nSPS) is 41.2. The summed E-state index contributed by atoms with van der Waals surface area (Å²) in [6.45, 7) is 15.7. The molecule has 3 aliphatic rings. The molecule has 0 radical (unpaired) electrons. The van der Waals surface area contributed by atoms with E-state index in [-0.39, 0.29) is 0 Å². The lowest BCUT2D eigenvalue weighted by Gasteiger charge is -2.50. The molecule has 0 saturated carbocycles. The summed E-state index contributed by atoms with van der Waals surface area (Å²) in [6.07, 6.45) is 10.3. The van der Waals surface area contributed by atoms with Crippen molar-refractivity contribution in [2.24, 2.45) is 5.92 Å². The molecule has 0 aliphatic carbocycles. The largest absolute Gasteiger partial charge is 0.414 e. The van der Waals surface area contributed by atoms with Gasteiger partial charge in [-0.15, -0.1) is 0 Å². The van der Waals surface area contributed by atoms with Crippen molar-refractivity contribution in [3.05, 3.63) is 0 Å². The fraction of sp³-hybridized carbons (Fsp3) is 1.00. The van der Waals surface area contributed by atoms with Crippen LogP contribution in [0.2, 0.25) is 18.1 Å². The van der Waals surface area contributed by atoms with Crippen LogP contribution in [0, 0.1) is 5.92 Å². The van der Waals surface area contributed by atoms with Crippen molar-refractivity contribution in [2.75, 3.05) is 6.54 Å². The van der Waals surface area contributed by atoms with Crippen molar-refractivity contribution in [3.8, 4) is 0 Å². The van der Waals surface area contributed by atoms with Gasteiger partial charge in [0, 0.05) is 17.5 Å². The number of nitrogens with zero attached hydrogens (tertiary/aromatic N) is 1. The Bertz CT molecular complexity index is 416. The molecule has 3 saturated heterocycles. The third-order valence-corrected chi connectivity index (χ3v) is 12.0. The van der Waals surface area contributed by atoms with E-state index in [1.165, 1.54) is 51.5 Å². The van der Waals surface area contributed by atoms with Crippen LogP contribution < -0.4 is 0 Å². The van der Waals surface area contributed by atoms with Gasteiger partial charge in [0.15, 0.2) is 8.32 Å². The summed E-state index contributed by atoms with van der Waals surface area (Å²) in [5, 5.41) is 0.332. The van der Waals surface area contributed by atoms with Gasteiger partial charge in [-0.2, -0.15) is 0 Å². The molecule has 22 heavy (non-hydrogen) atoms. The van der Waals surface area contributed by atoms with E-state index in [0.29, 0.717) is 16.7 Å². The van der Waals surface area contributed by atoms with E-state index in [2.05, 4.69) is 45.7 Å². The number of piperidine rings is 1. The molecule has 3 heterocycles. The van der Waals surface area contributed by atoms with Crippen LogP contribution in [-0.4, -0.2) is 37.4 Å². The van der Waals surface area contributed by atoms with Crippen molar-refractivity contribution < 1.29 is 4.43 Å². The van der Waals surface area contributed by atoms with E-state index in [0.717, 1.165) is 12.0 Å². The Morgan fingerprint density at radius 2 is 1.95 bits per heavy atom. The maximum atomic E-state index is 6.97. The topological polar surface area (TPSA) is 12.5 Å². The summed E-state index contributed by atoms with van der Waals surface area (Å²) in [4.78, 5) is 2.92. The average molecular weight is 324 g/mol. The van der Waals surface area contributed by atoms with Gasteiger partial charge in [-0.05, 0) is 56.8 Å². The van der Waals surface area contributed by atoms with Gasteiger partial charge in [-0.1, -0.05) is 40.5 Å². The standard InChI is InChI=1S/C19H37NOSi/c1-7-8-11-19-12-9-15-14-17(16(19)10-13-20(15)19)21-22(5,6)18(2,3)4/h15-17H,7-14H2,1-6H3/t15-,16-,17+,19+/m0/s1. The first kappa shape index (κ1) is 17.0. The maximum absolute atomic E-state index is 6.97. The monoisotopic (exact) mass is 323 g/mol. The third kappa shape index (κ3) is 2.52. The highest BCUT2D eigenvalue weighted by atomic mass is 28.4. The van der Waals surface area contributed by atoms with Crippen LogP contribution in [0.1, 0.15) is 72.6 Å². The number of hydrogen-bond acceptors (Lipinski definition) is 2. The molecule has 3 aliphatic heterocycles. The van der Waals surface area contributed by atoms with Crippen molar-refractivity contribution in [1.29, 1.82) is 0 Å². The molecule has 0 spiro atoms. The molecule has 3 rings (SSSR count). The Hall–Kier alpha value is 0.137. The van der Waals surface area contributed by atoms with Gasteiger partial charge >= 0.3 is 0 Å². The van der Waals surface area contributed by atoms with Crippen LogP contribution in [0.25, 0.3) is 0 Å². The minimum atomic E-state index is -1.65. The zero-order chi connectivity index (χ0) is 16.2. The second kappa shape index (κ2) is 5.60. The van der Waals surface area contributed by atoms with Gasteiger partial charge in [0.25, 0.3) is 0 Å². The number of hydrogen-bond donors (Lipinski definition) is 0. The Labute approximate surface area is 139 Å². The lowest BCUT2D eigenvalue weighted by atomic mass is 9.75. The van der Waals surface area contributed by atoms with Crippen LogP contribution in [0.3, 0.4) is 0 Å². The van der Waals surface area contributed by atoms with E-state index < -0.39 is 8.32 Å². The van der Waals surface area contributed by atoms with Crippen LogP contribution in [0.5, 0.6) is 0 Å². The average Bonchev–Trinajstić information content (AvgIpc) is 2.81. The molecular formula is C19H37NOSi. The highest BCUT2D eigenvalue weighted by molar-refractivity contribution is 6.74. The molecule has 0 aromatic carbocycles. The summed E-state index contributed by atoms with van der Waals surface area (Å²) >= 11 is 0. The Morgan fingerprint density at radius 1 is 1.23 bits per heavy atom. The van der Waals surface area contributed by atoms with E-state index in [9.17, 15) is 0 Å². The maximum Gasteiger partial charge on any atom is 0.192 e. The molecule has 1 unspecified atom stereocenters. The fourth-order valence-electron chi connectivity index (χ4n) is 5.26. The van der Waals surface area contributed by atoms with Crippen molar-refractivity contribution in [3.63, 3.8) is 0 Å². The molecule has 0 N–H and O–H groups in total. The Balaban J connectivity index is 1.80. The molecule has 2 nitrogen and oxygen atoms in total. The minimum absolute atomic E-state index is 0.332. The van der Waals surface area contributed by atoms with E-state index in [4.69, 9.17) is 4.43 Å². The second-order valence-corrected chi connectivity index (χ2v) is 14.4. The van der Waals surface area contributed by atoms with Gasteiger partial charge in [0.1, 0.15) is 0 Å². The molecule has 0 aromatic rings. The molecule has 4 bridgehead atoms. The van der Waals surface area contributed by atoms with E-state index in [1.54, 1.807) is 0 Å². The molecule has 0 amide bonds. The molecular weight excluding hydrogens is 286 g/mol. The zero-order valence-electron chi connectivity index (χ0n) is 15.7. The predicted molar refractivity (Wildman–Crippen MR) is 96.8 cm³/mol. The van der Waals surface area contributed by atoms with Crippen LogP contribution in [0.4, 0.5) is 0 Å². The minimum Gasteiger partial charge on any atom is -0.414 e. The smallest absolute Gasteiger partial charge is 0.192 e. The van der Waals surface area contributed by atoms with Crippen LogP contribution >= 0.6 is 0 Å². The fourth-order valence-corrected chi connectivity index (χ4v) is 6.63. The van der Waals surface area contributed by atoms with Crippen molar-refractivity contribution >= 4 is 8.32 Å². The molecule has 0 aromatic heterocycles. The van der Waals surface area contributed by atoms with Gasteiger partial charge in [-0.3, -0.25) is 4.90 Å². The summed E-state index contributed by atoms with van der Waals surface area (Å²) in [5.41, 5.74) is 0.520. The first-order chi connectivity index (χ1) is 10.2. The number of unbranched alkanes of at least 4 members (excludes halogenated alkanes) is 1. The molecule has 3 heteroatoms. The van der Waals surface area contributed by atoms with Gasteiger partial charge in [0.2, 0.25) is 0 Å². The van der Waals surface area contributed by atoms with E-state index >= 15 is 0 Å². The number of rotatable bonds is 5. The summed E-state index contributed by atoms with van der Waals surface area (Å²) in [5.74, 6) is 0.812. The van der Waals surface area contributed by atoms with Gasteiger partial charge < -0.3 is 4.43 Å². The summed E-state index contributed by atoms with van der Waals surface area (Å²) in [6, 6.07) is 0.824. The first-order valence-corrected chi connectivity index (χ1v) is 12.6. The van der Waals surface area contributed by atoms with Crippen molar-refractivity contribution in [2.45, 2.75) is 108 Å². The second-order valence-electron chi connectivity index (χ2n) is 9.64. The van der Waals surface area contributed by atoms with Crippen molar-refractivity contribution in [1.82, 2.24) is 4.90 Å². The Kier molecular flexibility index (Phi) is 4.32.